The van der Waals surface area contributed by atoms with Gasteiger partial charge < -0.3 is 19.5 Å². The lowest BCUT2D eigenvalue weighted by molar-refractivity contribution is -0.150. The van der Waals surface area contributed by atoms with Gasteiger partial charge in [-0.25, -0.2) is 4.98 Å². The molecule has 2 amide bonds. The predicted molar refractivity (Wildman–Crippen MR) is 299 cm³/mol. The molecule has 2 aromatic heterocycles. The minimum absolute atomic E-state index is 0.134. The maximum Gasteiger partial charge on any atom is 0.311 e. The van der Waals surface area contributed by atoms with Gasteiger partial charge in [0.05, 0.1) is 18.9 Å². The van der Waals surface area contributed by atoms with Crippen molar-refractivity contribution in [3.8, 4) is 0 Å². The van der Waals surface area contributed by atoms with Crippen molar-refractivity contribution in [3.05, 3.63) is 120 Å². The molecule has 4 aromatic rings. The zero-order valence-corrected chi connectivity index (χ0v) is 48.2. The molecule has 1 N–H and O–H groups in total. The Labute approximate surface area is 429 Å². The van der Waals surface area contributed by atoms with Gasteiger partial charge in [0.15, 0.2) is 0 Å². The first-order valence-corrected chi connectivity index (χ1v) is 26.6. The molecule has 2 aromatic carbocycles. The fourth-order valence-electron chi connectivity index (χ4n) is 6.21. The molecule has 0 aliphatic carbocycles. The van der Waals surface area contributed by atoms with Crippen molar-refractivity contribution in [1.29, 1.82) is 0 Å². The molecular weight excluding hydrogens is 867 g/mol. The Hall–Kier alpha value is -4.79. The number of amides is 2. The number of likely N-dealkylation sites (tertiary alicyclic amines) is 1. The number of pyridine rings is 1. The minimum atomic E-state index is -0.311. The fourth-order valence-corrected chi connectivity index (χ4v) is 6.21. The number of carbonyl (C=O) groups is 3. The highest BCUT2D eigenvalue weighted by molar-refractivity contribution is 5.81. The molecule has 1 fully saturated rings. The average Bonchev–Trinajstić information content (AvgIpc) is 4.09. The number of rotatable bonds is 15. The summed E-state index contributed by atoms with van der Waals surface area (Å²) < 4.78 is 6.68. The number of nitrogens with one attached hydrogen (secondary N) is 1. The average molecular weight is 971 g/mol. The van der Waals surface area contributed by atoms with Crippen LogP contribution in [0.5, 0.6) is 0 Å². The topological polar surface area (TPSA) is 106 Å². The van der Waals surface area contributed by atoms with Crippen molar-refractivity contribution in [3.63, 3.8) is 0 Å². The van der Waals surface area contributed by atoms with E-state index in [1.165, 1.54) is 48.6 Å². The standard InChI is InChI=1S/C11H16.C10H14.C9H19NO.C9H13N.C8H15NO.C7H12N2.C7H14O2/c1-4-10(3)11-7-5-9(2)6-8-11;1-3-9(2)10-7-5-4-6-8-10;1-6-9(4,5)8(11)10-7(2)3;1-3-8(2)9-4-6-10-7-5-9;1-3-7(2)9-6-4-5-8(9)10;1-3-7(2)9-5-4-8-6-9;1-5-7(2,3)6(8)9-4/h5-8,10H,4H2,1-3H3;4-9H,3H2,1-2H3;7H,6H2,1-5H3,(H,10,11);4-8H,3H2,1-2H3;7H,3-6H2,1-2H3;4-7H,3H2,1-2H3;5H2,1-4H3. The molecule has 396 valence electrons. The molecule has 1 aliphatic heterocycles. The van der Waals surface area contributed by atoms with Crippen LogP contribution in [0.25, 0.3) is 0 Å². The number of hydrogen-bond acceptors (Lipinski definition) is 6. The molecule has 0 bridgehead atoms. The lowest BCUT2D eigenvalue weighted by Gasteiger charge is -2.22. The van der Waals surface area contributed by atoms with E-state index in [2.05, 4.69) is 167 Å². The fraction of sp³-hybridized carbons (Fsp3) is 0.623. The third-order valence-electron chi connectivity index (χ3n) is 13.5. The molecule has 5 atom stereocenters. The van der Waals surface area contributed by atoms with Crippen LogP contribution in [0.3, 0.4) is 0 Å². The molecule has 70 heavy (non-hydrogen) atoms. The van der Waals surface area contributed by atoms with E-state index >= 15 is 0 Å². The zero-order chi connectivity index (χ0) is 53.9. The van der Waals surface area contributed by atoms with Crippen molar-refractivity contribution in [1.82, 2.24) is 24.8 Å². The molecule has 3 heterocycles. The number of carbonyl (C=O) groups excluding carboxylic acids is 3. The number of esters is 1. The van der Waals surface area contributed by atoms with Crippen LogP contribution < -0.4 is 5.32 Å². The molecule has 0 spiro atoms. The number of aromatic nitrogens is 3. The van der Waals surface area contributed by atoms with Crippen LogP contribution in [-0.4, -0.2) is 63.0 Å². The van der Waals surface area contributed by atoms with Gasteiger partial charge in [0.1, 0.15) is 0 Å². The summed E-state index contributed by atoms with van der Waals surface area (Å²) in [6.07, 6.45) is 18.8. The summed E-state index contributed by atoms with van der Waals surface area (Å²) in [6.45, 7) is 40.7. The van der Waals surface area contributed by atoms with E-state index in [0.717, 1.165) is 45.1 Å². The number of hydrogen-bond donors (Lipinski definition) is 1. The van der Waals surface area contributed by atoms with Crippen molar-refractivity contribution in [2.24, 2.45) is 10.8 Å². The molecule has 5 unspecified atom stereocenters. The van der Waals surface area contributed by atoms with Crippen LogP contribution >= 0.6 is 0 Å². The maximum atomic E-state index is 11.4. The SMILES string of the molecule is CCC(C)(C)C(=O)NC(C)C.CCC(C)(C)C(=O)OC.CCC(C)N1CCCC1=O.CCC(C)c1ccc(C)cc1.CCC(C)c1ccccc1.CCC(C)c1ccncc1.CCC(C)n1ccnc1. The van der Waals surface area contributed by atoms with E-state index in [9.17, 15) is 14.4 Å². The summed E-state index contributed by atoms with van der Waals surface area (Å²) in [5, 5.41) is 2.90. The van der Waals surface area contributed by atoms with E-state index in [1.54, 1.807) is 0 Å². The smallest absolute Gasteiger partial charge is 0.311 e. The van der Waals surface area contributed by atoms with E-state index in [1.807, 2.05) is 91.4 Å². The number of aryl methyl sites for hydroxylation is 1. The van der Waals surface area contributed by atoms with Gasteiger partial charge in [0.2, 0.25) is 11.8 Å². The summed E-state index contributed by atoms with van der Waals surface area (Å²) in [4.78, 5) is 43.2. The van der Waals surface area contributed by atoms with E-state index in [4.69, 9.17) is 0 Å². The Balaban J connectivity index is 0. The van der Waals surface area contributed by atoms with Crippen molar-refractivity contribution < 1.29 is 19.1 Å². The number of ether oxygens (including phenoxy) is 1. The first kappa shape index (κ1) is 67.3. The third kappa shape index (κ3) is 28.8. The van der Waals surface area contributed by atoms with Gasteiger partial charge in [-0.05, 0) is 146 Å². The lowest BCUT2D eigenvalue weighted by Crippen LogP contribution is -2.40. The summed E-state index contributed by atoms with van der Waals surface area (Å²) in [6, 6.07) is 24.9. The lowest BCUT2D eigenvalue weighted by atomic mass is 9.89. The number of methoxy groups -OCH3 is 1. The predicted octanol–water partition coefficient (Wildman–Crippen LogP) is 16.1. The van der Waals surface area contributed by atoms with Gasteiger partial charge in [-0.15, -0.1) is 0 Å². The normalized spacial score (nSPS) is 13.9. The number of nitrogens with zero attached hydrogens (tertiary/aromatic N) is 4. The maximum absolute atomic E-state index is 11.4. The van der Waals surface area contributed by atoms with E-state index in [0.29, 0.717) is 35.7 Å². The van der Waals surface area contributed by atoms with E-state index < -0.39 is 0 Å². The minimum Gasteiger partial charge on any atom is -0.469 e. The third-order valence-corrected chi connectivity index (χ3v) is 13.5. The van der Waals surface area contributed by atoms with Crippen LogP contribution in [0.4, 0.5) is 0 Å². The second-order valence-corrected chi connectivity index (χ2v) is 20.3. The summed E-state index contributed by atoms with van der Waals surface area (Å²) in [5.41, 5.74) is 5.11. The molecule has 0 saturated carbocycles. The van der Waals surface area contributed by atoms with Crippen molar-refractivity contribution in [2.45, 2.75) is 225 Å². The Morgan fingerprint density at radius 1 is 0.629 bits per heavy atom. The van der Waals surface area contributed by atoms with E-state index in [-0.39, 0.29) is 28.7 Å². The van der Waals surface area contributed by atoms with Gasteiger partial charge in [-0.3, -0.25) is 19.4 Å². The van der Waals surface area contributed by atoms with Crippen molar-refractivity contribution >= 4 is 17.8 Å². The summed E-state index contributed by atoms with van der Waals surface area (Å²) >= 11 is 0. The molecule has 0 radical (unpaired) electrons. The van der Waals surface area contributed by atoms with Crippen molar-refractivity contribution in [2.75, 3.05) is 13.7 Å². The van der Waals surface area contributed by atoms with Crippen LogP contribution in [-0.2, 0) is 19.1 Å². The van der Waals surface area contributed by atoms with Crippen LogP contribution in [0.1, 0.15) is 228 Å². The molecule has 9 nitrogen and oxygen atoms in total. The van der Waals surface area contributed by atoms with Gasteiger partial charge in [-0.1, -0.05) is 143 Å². The first-order chi connectivity index (χ1) is 33.0. The number of benzene rings is 2. The van der Waals surface area contributed by atoms with Crippen LogP contribution in [0.15, 0.2) is 97.8 Å². The second kappa shape index (κ2) is 38.0. The van der Waals surface area contributed by atoms with Gasteiger partial charge in [0.25, 0.3) is 0 Å². The van der Waals surface area contributed by atoms with Gasteiger partial charge in [-0.2, -0.15) is 0 Å². The Morgan fingerprint density at radius 2 is 1.10 bits per heavy atom. The highest BCUT2D eigenvalue weighted by atomic mass is 16.5. The molecule has 1 aliphatic rings. The van der Waals surface area contributed by atoms with Crippen LogP contribution in [0.2, 0.25) is 0 Å². The number of imidazole rings is 1. The summed E-state index contributed by atoms with van der Waals surface area (Å²) in [7, 11) is 1.42. The highest BCUT2D eigenvalue weighted by Crippen LogP contribution is 2.22. The Morgan fingerprint density at radius 3 is 1.46 bits per heavy atom. The Bertz CT molecular complexity index is 1830. The molecule has 9 heteroatoms. The molecular formula is C61H103N5O4. The summed E-state index contributed by atoms with van der Waals surface area (Å²) in [5.74, 6) is 2.44. The van der Waals surface area contributed by atoms with Gasteiger partial charge in [0, 0.05) is 61.3 Å². The monoisotopic (exact) mass is 970 g/mol. The van der Waals surface area contributed by atoms with Crippen LogP contribution in [0, 0.1) is 17.8 Å². The molecule has 1 saturated heterocycles. The second-order valence-electron chi connectivity index (χ2n) is 20.3. The van der Waals surface area contributed by atoms with Gasteiger partial charge >= 0.3 is 5.97 Å². The zero-order valence-electron chi connectivity index (χ0n) is 48.2. The first-order valence-electron chi connectivity index (χ1n) is 26.6. The highest BCUT2D eigenvalue weighted by Gasteiger charge is 2.26. The Kier molecular flexibility index (Phi) is 36.5. The molecule has 5 rings (SSSR count). The quantitative estimate of drug-likeness (QED) is 0.119. The largest absolute Gasteiger partial charge is 0.469 e.